The lowest BCUT2D eigenvalue weighted by atomic mass is 10.1. The van der Waals surface area contributed by atoms with Gasteiger partial charge in [-0.05, 0) is 28.8 Å². The molecule has 5 heteroatoms. The van der Waals surface area contributed by atoms with Gasteiger partial charge in [0.25, 0.3) is 0 Å². The molecule has 0 fully saturated rings. The minimum absolute atomic E-state index is 0.119. The molecule has 150 valence electrons. The highest BCUT2D eigenvalue weighted by Crippen LogP contribution is 2.21. The SMILES string of the molecule is O=C(CCl)N(Cc1ccccc1)C[C@@H](O)c1ccc(OCc2ccccc2)cc1. The van der Waals surface area contributed by atoms with Crippen molar-refractivity contribution in [1.29, 1.82) is 0 Å². The number of benzene rings is 3. The van der Waals surface area contributed by atoms with Crippen LogP contribution in [0.1, 0.15) is 22.8 Å². The van der Waals surface area contributed by atoms with Crippen LogP contribution in [0, 0.1) is 0 Å². The number of hydrogen-bond acceptors (Lipinski definition) is 3. The van der Waals surface area contributed by atoms with E-state index in [1.165, 1.54) is 0 Å². The Hall–Kier alpha value is -2.82. The highest BCUT2D eigenvalue weighted by molar-refractivity contribution is 6.27. The first-order chi connectivity index (χ1) is 14.2. The van der Waals surface area contributed by atoms with Crippen LogP contribution < -0.4 is 4.74 Å². The zero-order chi connectivity index (χ0) is 20.5. The minimum atomic E-state index is -0.811. The average Bonchev–Trinajstić information content (AvgIpc) is 2.78. The van der Waals surface area contributed by atoms with E-state index in [1.54, 1.807) is 4.90 Å². The summed E-state index contributed by atoms with van der Waals surface area (Å²) in [5.41, 5.74) is 2.80. The summed E-state index contributed by atoms with van der Waals surface area (Å²) in [4.78, 5) is 13.8. The monoisotopic (exact) mass is 409 g/mol. The Morgan fingerprint density at radius 1 is 0.897 bits per heavy atom. The number of carbonyl (C=O) groups is 1. The van der Waals surface area contributed by atoms with Crippen molar-refractivity contribution in [3.8, 4) is 5.75 Å². The summed E-state index contributed by atoms with van der Waals surface area (Å²) in [6.07, 6.45) is -0.811. The van der Waals surface area contributed by atoms with Gasteiger partial charge < -0.3 is 14.7 Å². The Labute approximate surface area is 176 Å². The first-order valence-electron chi connectivity index (χ1n) is 9.48. The Kier molecular flexibility index (Phi) is 7.68. The lowest BCUT2D eigenvalue weighted by Crippen LogP contribution is -2.35. The molecule has 1 amide bonds. The summed E-state index contributed by atoms with van der Waals surface area (Å²) in [5, 5.41) is 10.6. The number of aliphatic hydroxyl groups is 1. The largest absolute Gasteiger partial charge is 0.489 e. The molecular formula is C24H24ClNO3. The van der Waals surface area contributed by atoms with Crippen molar-refractivity contribution < 1.29 is 14.6 Å². The molecule has 3 aromatic rings. The highest BCUT2D eigenvalue weighted by atomic mass is 35.5. The average molecular weight is 410 g/mol. The van der Waals surface area contributed by atoms with Gasteiger partial charge in [0.2, 0.25) is 5.91 Å². The molecule has 0 saturated carbocycles. The second kappa shape index (κ2) is 10.6. The number of halogens is 1. The molecule has 3 rings (SSSR count). The van der Waals surface area contributed by atoms with E-state index in [1.807, 2.05) is 84.9 Å². The van der Waals surface area contributed by atoms with Gasteiger partial charge in [-0.2, -0.15) is 0 Å². The van der Waals surface area contributed by atoms with Gasteiger partial charge in [-0.15, -0.1) is 11.6 Å². The Bertz CT molecular complexity index is 885. The zero-order valence-electron chi connectivity index (χ0n) is 16.1. The molecule has 0 heterocycles. The number of hydrogen-bond donors (Lipinski definition) is 1. The summed E-state index contributed by atoms with van der Waals surface area (Å²) < 4.78 is 5.78. The molecule has 0 saturated heterocycles. The fourth-order valence-corrected chi connectivity index (χ4v) is 3.15. The van der Waals surface area contributed by atoms with Crippen molar-refractivity contribution in [2.75, 3.05) is 12.4 Å². The summed E-state index contributed by atoms with van der Waals surface area (Å²) >= 11 is 5.76. The van der Waals surface area contributed by atoms with Crippen molar-refractivity contribution in [2.45, 2.75) is 19.3 Å². The summed E-state index contributed by atoms with van der Waals surface area (Å²) in [6, 6.07) is 26.9. The lowest BCUT2D eigenvalue weighted by Gasteiger charge is -2.25. The zero-order valence-corrected chi connectivity index (χ0v) is 16.8. The van der Waals surface area contributed by atoms with Crippen LogP contribution in [-0.2, 0) is 17.9 Å². The van der Waals surface area contributed by atoms with Gasteiger partial charge in [0.1, 0.15) is 18.2 Å². The first-order valence-corrected chi connectivity index (χ1v) is 10.0. The molecule has 3 aromatic carbocycles. The third-order valence-corrected chi connectivity index (χ3v) is 4.82. The molecule has 29 heavy (non-hydrogen) atoms. The lowest BCUT2D eigenvalue weighted by molar-refractivity contribution is -0.130. The van der Waals surface area contributed by atoms with Gasteiger partial charge in [-0.3, -0.25) is 4.79 Å². The van der Waals surface area contributed by atoms with E-state index in [0.29, 0.717) is 13.2 Å². The third kappa shape index (κ3) is 6.34. The van der Waals surface area contributed by atoms with E-state index in [4.69, 9.17) is 16.3 Å². The van der Waals surface area contributed by atoms with Crippen LogP contribution >= 0.6 is 11.6 Å². The van der Waals surface area contributed by atoms with E-state index in [2.05, 4.69) is 0 Å². The smallest absolute Gasteiger partial charge is 0.237 e. The van der Waals surface area contributed by atoms with Gasteiger partial charge in [0.05, 0.1) is 12.6 Å². The number of rotatable bonds is 9. The number of carbonyl (C=O) groups excluding carboxylic acids is 1. The van der Waals surface area contributed by atoms with Crippen LogP contribution in [0.4, 0.5) is 0 Å². The molecule has 0 aliphatic rings. The maximum absolute atomic E-state index is 12.2. The fourth-order valence-electron chi connectivity index (χ4n) is 2.98. The number of amides is 1. The van der Waals surface area contributed by atoms with Gasteiger partial charge in [-0.1, -0.05) is 72.8 Å². The number of alkyl halides is 1. The van der Waals surface area contributed by atoms with Crippen molar-refractivity contribution >= 4 is 17.5 Å². The molecule has 4 nitrogen and oxygen atoms in total. The molecular weight excluding hydrogens is 386 g/mol. The second-order valence-corrected chi connectivity index (χ2v) is 7.02. The molecule has 0 spiro atoms. The fraction of sp³-hybridized carbons (Fsp3) is 0.208. The molecule has 0 unspecified atom stereocenters. The molecule has 0 aliphatic carbocycles. The van der Waals surface area contributed by atoms with E-state index >= 15 is 0 Å². The highest BCUT2D eigenvalue weighted by Gasteiger charge is 2.18. The maximum Gasteiger partial charge on any atom is 0.237 e. The van der Waals surface area contributed by atoms with E-state index in [-0.39, 0.29) is 18.3 Å². The molecule has 1 atom stereocenters. The summed E-state index contributed by atoms with van der Waals surface area (Å²) in [6.45, 7) is 1.06. The van der Waals surface area contributed by atoms with Crippen LogP contribution in [-0.4, -0.2) is 28.3 Å². The first kappa shape index (κ1) is 20.9. The summed E-state index contributed by atoms with van der Waals surface area (Å²) in [7, 11) is 0. The predicted octanol–water partition coefficient (Wildman–Crippen LogP) is 4.57. The van der Waals surface area contributed by atoms with Gasteiger partial charge in [0.15, 0.2) is 0 Å². The van der Waals surface area contributed by atoms with Gasteiger partial charge in [0, 0.05) is 6.54 Å². The number of aliphatic hydroxyl groups excluding tert-OH is 1. The third-order valence-electron chi connectivity index (χ3n) is 4.59. The number of ether oxygens (including phenoxy) is 1. The molecule has 0 aliphatic heterocycles. The quantitative estimate of drug-likeness (QED) is 0.527. The molecule has 0 radical (unpaired) electrons. The normalized spacial score (nSPS) is 11.7. The van der Waals surface area contributed by atoms with E-state index < -0.39 is 6.10 Å². The van der Waals surface area contributed by atoms with Crippen molar-refractivity contribution in [2.24, 2.45) is 0 Å². The van der Waals surface area contributed by atoms with Crippen molar-refractivity contribution in [3.63, 3.8) is 0 Å². The topological polar surface area (TPSA) is 49.8 Å². The Balaban J connectivity index is 1.60. The number of nitrogens with zero attached hydrogens (tertiary/aromatic N) is 1. The summed E-state index contributed by atoms with van der Waals surface area (Å²) in [5.74, 6) is 0.395. The predicted molar refractivity (Wildman–Crippen MR) is 115 cm³/mol. The van der Waals surface area contributed by atoms with E-state index in [9.17, 15) is 9.90 Å². The van der Waals surface area contributed by atoms with Crippen LogP contribution in [0.15, 0.2) is 84.9 Å². The van der Waals surface area contributed by atoms with Gasteiger partial charge >= 0.3 is 0 Å². The van der Waals surface area contributed by atoms with Gasteiger partial charge in [-0.25, -0.2) is 0 Å². The minimum Gasteiger partial charge on any atom is -0.489 e. The second-order valence-electron chi connectivity index (χ2n) is 6.75. The Morgan fingerprint density at radius 3 is 2.07 bits per heavy atom. The Morgan fingerprint density at radius 2 is 1.48 bits per heavy atom. The van der Waals surface area contributed by atoms with Crippen molar-refractivity contribution in [3.05, 3.63) is 102 Å². The van der Waals surface area contributed by atoms with Crippen LogP contribution in [0.5, 0.6) is 5.75 Å². The van der Waals surface area contributed by atoms with Crippen molar-refractivity contribution in [1.82, 2.24) is 4.90 Å². The standard InChI is InChI=1S/C24H24ClNO3/c25-15-24(28)26(16-19-7-3-1-4-8-19)17-23(27)21-11-13-22(14-12-21)29-18-20-9-5-2-6-10-20/h1-14,23,27H,15-18H2/t23-/m1/s1. The molecule has 0 bridgehead atoms. The molecule has 0 aromatic heterocycles. The maximum atomic E-state index is 12.2. The van der Waals surface area contributed by atoms with Crippen LogP contribution in [0.2, 0.25) is 0 Å². The van der Waals surface area contributed by atoms with Crippen LogP contribution in [0.3, 0.4) is 0 Å². The van der Waals surface area contributed by atoms with E-state index in [0.717, 1.165) is 22.4 Å². The van der Waals surface area contributed by atoms with Crippen LogP contribution in [0.25, 0.3) is 0 Å². The molecule has 1 N–H and O–H groups in total.